The third-order valence-electron chi connectivity index (χ3n) is 4.24. The number of rotatable bonds is 5. The molecule has 3 amide bonds. The van der Waals surface area contributed by atoms with Crippen molar-refractivity contribution in [1.29, 1.82) is 0 Å². The van der Waals surface area contributed by atoms with Crippen LogP contribution in [0.4, 0.5) is 4.79 Å². The maximum absolute atomic E-state index is 12.7. The minimum Gasteiger partial charge on any atom is -0.449 e. The van der Waals surface area contributed by atoms with Gasteiger partial charge in [-0.3, -0.25) is 10.1 Å². The van der Waals surface area contributed by atoms with Gasteiger partial charge in [-0.1, -0.05) is 11.6 Å². The lowest BCUT2D eigenvalue weighted by atomic mass is 10.1. The van der Waals surface area contributed by atoms with E-state index >= 15 is 0 Å². The van der Waals surface area contributed by atoms with Crippen LogP contribution in [0.5, 0.6) is 0 Å². The molecule has 1 heterocycles. The van der Waals surface area contributed by atoms with Crippen LogP contribution >= 0.6 is 11.6 Å². The van der Waals surface area contributed by atoms with Gasteiger partial charge in [0.2, 0.25) is 10.0 Å². The van der Waals surface area contributed by atoms with Crippen molar-refractivity contribution < 1.29 is 27.5 Å². The number of nitrogens with one attached hydrogen (secondary N) is 2. The van der Waals surface area contributed by atoms with Gasteiger partial charge in [0.15, 0.2) is 6.10 Å². The van der Waals surface area contributed by atoms with Gasteiger partial charge in [0.1, 0.15) is 0 Å². The molecule has 0 saturated carbocycles. The summed E-state index contributed by atoms with van der Waals surface area (Å²) in [5.74, 6) is -1.81. The summed E-state index contributed by atoms with van der Waals surface area (Å²) >= 11 is 6.05. The highest BCUT2D eigenvalue weighted by Crippen LogP contribution is 2.26. The Labute approximate surface area is 181 Å². The number of urea groups is 1. The van der Waals surface area contributed by atoms with Gasteiger partial charge in [0.25, 0.3) is 5.91 Å². The lowest BCUT2D eigenvalue weighted by molar-refractivity contribution is -0.127. The molecule has 0 radical (unpaired) electrons. The van der Waals surface area contributed by atoms with Gasteiger partial charge in [-0.2, -0.15) is 4.31 Å². The van der Waals surface area contributed by atoms with E-state index in [9.17, 15) is 22.8 Å². The Morgan fingerprint density at radius 2 is 1.77 bits per heavy atom. The summed E-state index contributed by atoms with van der Waals surface area (Å²) in [6.45, 7) is 7.34. The first-order valence-corrected chi connectivity index (χ1v) is 11.3. The summed E-state index contributed by atoms with van der Waals surface area (Å²) in [5.41, 5.74) is -0.741. The largest absolute Gasteiger partial charge is 0.449 e. The normalized spacial score (nSPS) is 16.0. The average molecular weight is 460 g/mol. The maximum Gasteiger partial charge on any atom is 0.340 e. The van der Waals surface area contributed by atoms with Gasteiger partial charge in [0, 0.05) is 18.6 Å². The van der Waals surface area contributed by atoms with E-state index in [1.807, 2.05) is 0 Å². The summed E-state index contributed by atoms with van der Waals surface area (Å²) in [5, 5.41) is 4.61. The van der Waals surface area contributed by atoms with Crippen LogP contribution < -0.4 is 10.6 Å². The lowest BCUT2D eigenvalue weighted by Gasteiger charge is -2.21. The molecule has 0 spiro atoms. The van der Waals surface area contributed by atoms with E-state index < -0.39 is 39.6 Å². The predicted octanol–water partition coefficient (Wildman–Crippen LogP) is 2.29. The van der Waals surface area contributed by atoms with E-state index in [2.05, 4.69) is 10.6 Å². The summed E-state index contributed by atoms with van der Waals surface area (Å²) in [6, 6.07) is 3.02. The number of nitrogens with zero attached hydrogens (tertiary/aromatic N) is 1. The minimum absolute atomic E-state index is 0.0153. The summed E-state index contributed by atoms with van der Waals surface area (Å²) in [6.07, 6.45) is 0.243. The molecule has 1 fully saturated rings. The Bertz CT molecular complexity index is 936. The third-order valence-corrected chi connectivity index (χ3v) is 6.46. The first-order chi connectivity index (χ1) is 13.8. The number of ether oxygens (including phenoxy) is 1. The molecule has 0 aromatic heterocycles. The molecular weight excluding hydrogens is 434 g/mol. The zero-order valence-electron chi connectivity index (χ0n) is 17.3. The first-order valence-electron chi connectivity index (χ1n) is 9.45. The second kappa shape index (κ2) is 9.32. The molecule has 0 aliphatic carbocycles. The second-order valence-corrected chi connectivity index (χ2v) is 10.3. The average Bonchev–Trinajstić information content (AvgIpc) is 3.15. The van der Waals surface area contributed by atoms with Crippen LogP contribution in [0.15, 0.2) is 23.1 Å². The Hall–Kier alpha value is -2.17. The number of amides is 3. The molecule has 1 aromatic rings. The Kier molecular flexibility index (Phi) is 7.49. The van der Waals surface area contributed by atoms with Crippen molar-refractivity contribution >= 4 is 39.5 Å². The van der Waals surface area contributed by atoms with Crippen LogP contribution in [0.1, 0.15) is 50.9 Å². The molecule has 2 N–H and O–H groups in total. The molecule has 1 aliphatic heterocycles. The Morgan fingerprint density at radius 3 is 2.33 bits per heavy atom. The topological polar surface area (TPSA) is 122 Å². The van der Waals surface area contributed by atoms with Crippen molar-refractivity contribution in [1.82, 2.24) is 14.9 Å². The number of hydrogen-bond donors (Lipinski definition) is 2. The summed E-state index contributed by atoms with van der Waals surface area (Å²) in [7, 11) is -3.75. The molecule has 9 nitrogen and oxygen atoms in total. The van der Waals surface area contributed by atoms with Gasteiger partial charge in [-0.25, -0.2) is 18.0 Å². The number of sulfonamides is 1. The van der Waals surface area contributed by atoms with Crippen LogP contribution in [-0.2, 0) is 19.6 Å². The number of carbonyl (C=O) groups excluding carboxylic acids is 3. The van der Waals surface area contributed by atoms with Crippen LogP contribution in [0.2, 0.25) is 5.02 Å². The summed E-state index contributed by atoms with van der Waals surface area (Å²) < 4.78 is 31.8. The van der Waals surface area contributed by atoms with Crippen LogP contribution in [-0.4, -0.2) is 55.4 Å². The number of imide groups is 1. The second-order valence-electron chi connectivity index (χ2n) is 7.99. The van der Waals surface area contributed by atoms with Gasteiger partial charge in [-0.15, -0.1) is 0 Å². The van der Waals surface area contributed by atoms with E-state index in [-0.39, 0.29) is 15.5 Å². The standard InChI is InChI=1S/C19H26ClN3O6S/c1-12(16(24)21-18(26)22-19(2,3)4)29-17(25)14-11-13(7-8-15(14)20)30(27,28)23-9-5-6-10-23/h7-8,11-12H,5-6,9-10H2,1-4H3,(H2,21,22,24,26). The Morgan fingerprint density at radius 1 is 1.17 bits per heavy atom. The molecule has 1 atom stereocenters. The van der Waals surface area contributed by atoms with Gasteiger partial charge < -0.3 is 10.1 Å². The van der Waals surface area contributed by atoms with E-state index in [0.717, 1.165) is 18.9 Å². The molecular formula is C19H26ClN3O6S. The quantitative estimate of drug-likeness (QED) is 0.651. The highest BCUT2D eigenvalue weighted by atomic mass is 35.5. The number of halogens is 1. The van der Waals surface area contributed by atoms with Crippen LogP contribution in [0.3, 0.4) is 0 Å². The van der Waals surface area contributed by atoms with Crippen LogP contribution in [0.25, 0.3) is 0 Å². The van der Waals surface area contributed by atoms with Crippen molar-refractivity contribution in [3.05, 3.63) is 28.8 Å². The highest BCUT2D eigenvalue weighted by Gasteiger charge is 2.29. The molecule has 166 valence electrons. The van der Waals surface area contributed by atoms with Crippen molar-refractivity contribution in [3.8, 4) is 0 Å². The first kappa shape index (κ1) is 24.1. The van der Waals surface area contributed by atoms with E-state index in [1.165, 1.54) is 23.4 Å². The zero-order chi connectivity index (χ0) is 22.7. The zero-order valence-corrected chi connectivity index (χ0v) is 18.9. The fraction of sp³-hybridized carbons (Fsp3) is 0.526. The van der Waals surface area contributed by atoms with E-state index in [1.54, 1.807) is 20.8 Å². The van der Waals surface area contributed by atoms with Crippen molar-refractivity contribution in [2.75, 3.05) is 13.1 Å². The molecule has 1 saturated heterocycles. The van der Waals surface area contributed by atoms with Crippen LogP contribution in [0, 0.1) is 0 Å². The molecule has 1 aliphatic rings. The fourth-order valence-corrected chi connectivity index (χ4v) is 4.50. The number of benzene rings is 1. The molecule has 30 heavy (non-hydrogen) atoms. The maximum atomic E-state index is 12.7. The fourth-order valence-electron chi connectivity index (χ4n) is 2.76. The number of esters is 1. The lowest BCUT2D eigenvalue weighted by Crippen LogP contribution is -2.50. The van der Waals surface area contributed by atoms with Gasteiger partial charge in [0.05, 0.1) is 15.5 Å². The third kappa shape index (κ3) is 6.16. The van der Waals surface area contributed by atoms with Crippen molar-refractivity contribution in [2.45, 2.75) is 57.1 Å². The van der Waals surface area contributed by atoms with Gasteiger partial charge >= 0.3 is 12.0 Å². The van der Waals surface area contributed by atoms with Gasteiger partial charge in [-0.05, 0) is 58.7 Å². The van der Waals surface area contributed by atoms with E-state index in [4.69, 9.17) is 16.3 Å². The highest BCUT2D eigenvalue weighted by molar-refractivity contribution is 7.89. The SMILES string of the molecule is CC(OC(=O)c1cc(S(=O)(=O)N2CCCC2)ccc1Cl)C(=O)NC(=O)NC(C)(C)C. The monoisotopic (exact) mass is 459 g/mol. The van der Waals surface area contributed by atoms with E-state index in [0.29, 0.717) is 13.1 Å². The number of hydrogen-bond acceptors (Lipinski definition) is 6. The predicted molar refractivity (Wildman–Crippen MR) is 111 cm³/mol. The van der Waals surface area contributed by atoms with Crippen molar-refractivity contribution in [3.63, 3.8) is 0 Å². The van der Waals surface area contributed by atoms with Crippen molar-refractivity contribution in [2.24, 2.45) is 0 Å². The number of carbonyl (C=O) groups is 3. The minimum atomic E-state index is -3.75. The molecule has 0 bridgehead atoms. The molecule has 1 unspecified atom stereocenters. The molecule has 11 heteroatoms. The Balaban J connectivity index is 2.11. The molecule has 2 rings (SSSR count). The smallest absolute Gasteiger partial charge is 0.340 e. The molecule has 1 aromatic carbocycles. The summed E-state index contributed by atoms with van der Waals surface area (Å²) in [4.78, 5) is 36.3.